The summed E-state index contributed by atoms with van der Waals surface area (Å²) in [6, 6.07) is 25.3. The van der Waals surface area contributed by atoms with Crippen LogP contribution in [0, 0.1) is 24.3 Å². The Labute approximate surface area is 263 Å². The molecule has 4 aromatic rings. The fourth-order valence-corrected chi connectivity index (χ4v) is 6.96. The van der Waals surface area contributed by atoms with Gasteiger partial charge in [0, 0.05) is 0 Å². The zero-order chi connectivity index (χ0) is 30.0. The number of aryl methyl sites for hydroxylation is 3. The molecule has 1 aliphatic rings. The Morgan fingerprint density at radius 2 is 1.43 bits per heavy atom. The Balaban J connectivity index is 1.51. The molecule has 0 atom stereocenters. The number of amides is 1. The SMILES string of the molecule is COc1cc(/C=C2\SC(=Nc3ccc(C)cc3)N(c3ccc(C)cc3)C2=O)cc(I)c1OS(=O)(=O)c1ccc(C)cc1. The Morgan fingerprint density at radius 3 is 2.02 bits per heavy atom. The van der Waals surface area contributed by atoms with Crippen LogP contribution in [0.2, 0.25) is 0 Å². The number of carbonyl (C=O) groups is 1. The van der Waals surface area contributed by atoms with Crippen LogP contribution in [0.3, 0.4) is 0 Å². The van der Waals surface area contributed by atoms with E-state index in [0.29, 0.717) is 24.9 Å². The molecule has 1 fully saturated rings. The van der Waals surface area contributed by atoms with E-state index in [4.69, 9.17) is 13.9 Å². The molecule has 5 rings (SSSR count). The Bertz CT molecular complexity index is 1820. The van der Waals surface area contributed by atoms with Crippen molar-refractivity contribution in [2.45, 2.75) is 25.7 Å². The van der Waals surface area contributed by atoms with Crippen molar-refractivity contribution >= 4 is 73.0 Å². The van der Waals surface area contributed by atoms with Gasteiger partial charge in [-0.3, -0.25) is 9.69 Å². The molecule has 1 saturated heterocycles. The number of rotatable bonds is 7. The number of amidine groups is 1. The first-order valence-corrected chi connectivity index (χ1v) is 16.2. The first-order chi connectivity index (χ1) is 20.0. The second kappa shape index (κ2) is 12.3. The average molecular weight is 711 g/mol. The highest BCUT2D eigenvalue weighted by Crippen LogP contribution is 2.40. The number of thioether (sulfide) groups is 1. The lowest BCUT2D eigenvalue weighted by atomic mass is 10.1. The van der Waals surface area contributed by atoms with Crippen molar-refractivity contribution in [1.29, 1.82) is 0 Å². The summed E-state index contributed by atoms with van der Waals surface area (Å²) in [5, 5.41) is 0.532. The van der Waals surface area contributed by atoms with E-state index in [9.17, 15) is 13.2 Å². The van der Waals surface area contributed by atoms with Gasteiger partial charge in [-0.25, -0.2) is 4.99 Å². The third kappa shape index (κ3) is 6.55. The third-order valence-corrected chi connectivity index (χ3v) is 9.42. The van der Waals surface area contributed by atoms with E-state index >= 15 is 0 Å². The number of methoxy groups -OCH3 is 1. The van der Waals surface area contributed by atoms with E-state index in [1.807, 2.05) is 91.9 Å². The zero-order valence-corrected chi connectivity index (χ0v) is 27.1. The van der Waals surface area contributed by atoms with Crippen LogP contribution in [0.5, 0.6) is 11.5 Å². The molecule has 0 bridgehead atoms. The van der Waals surface area contributed by atoms with Gasteiger partial charge in [-0.05, 0) is 115 Å². The highest BCUT2D eigenvalue weighted by Gasteiger charge is 2.35. The van der Waals surface area contributed by atoms with Crippen LogP contribution in [-0.2, 0) is 14.9 Å². The lowest BCUT2D eigenvalue weighted by Crippen LogP contribution is -2.28. The molecule has 1 aliphatic heterocycles. The molecule has 0 saturated carbocycles. The minimum atomic E-state index is -4.09. The molecular weight excluding hydrogens is 683 g/mol. The molecule has 0 N–H and O–H groups in total. The monoisotopic (exact) mass is 710 g/mol. The molecule has 7 nitrogen and oxygen atoms in total. The quantitative estimate of drug-likeness (QED) is 0.111. The van der Waals surface area contributed by atoms with Gasteiger partial charge in [-0.2, -0.15) is 8.42 Å². The maximum Gasteiger partial charge on any atom is 0.339 e. The maximum absolute atomic E-state index is 13.7. The first kappa shape index (κ1) is 29.9. The van der Waals surface area contributed by atoms with Crippen LogP contribution in [0.4, 0.5) is 11.4 Å². The van der Waals surface area contributed by atoms with Crippen molar-refractivity contribution in [3.8, 4) is 11.5 Å². The van der Waals surface area contributed by atoms with E-state index in [0.717, 1.165) is 22.4 Å². The Morgan fingerprint density at radius 1 is 0.857 bits per heavy atom. The van der Waals surface area contributed by atoms with Crippen molar-refractivity contribution in [1.82, 2.24) is 0 Å². The first-order valence-electron chi connectivity index (χ1n) is 12.9. The summed E-state index contributed by atoms with van der Waals surface area (Å²) in [5.41, 5.74) is 5.23. The normalized spacial score (nSPS) is 15.5. The summed E-state index contributed by atoms with van der Waals surface area (Å²) in [5.74, 6) is 0.0870. The van der Waals surface area contributed by atoms with Gasteiger partial charge >= 0.3 is 10.1 Å². The fraction of sp³-hybridized carbons (Fsp3) is 0.125. The topological polar surface area (TPSA) is 85.3 Å². The van der Waals surface area contributed by atoms with E-state index in [1.165, 1.54) is 31.0 Å². The highest BCUT2D eigenvalue weighted by molar-refractivity contribution is 14.1. The molecular formula is C32H27IN2O5S2. The standard InChI is InChI=1S/C32H27IN2O5S2/c1-20-5-11-24(12-6-20)34-32-35(25-13-7-21(2)8-14-25)31(36)29(41-32)19-23-17-27(33)30(28(18-23)39-4)40-42(37,38)26-15-9-22(3)10-16-26/h5-19H,1-4H3/b29-19-,34-32?. The number of anilines is 1. The lowest BCUT2D eigenvalue weighted by Gasteiger charge is -2.16. The van der Waals surface area contributed by atoms with Gasteiger partial charge in [0.2, 0.25) is 0 Å². The molecule has 214 valence electrons. The van der Waals surface area contributed by atoms with Gasteiger partial charge in [-0.15, -0.1) is 0 Å². The maximum atomic E-state index is 13.7. The summed E-state index contributed by atoms with van der Waals surface area (Å²) in [6.07, 6.45) is 1.74. The molecule has 0 aliphatic carbocycles. The molecule has 10 heteroatoms. The van der Waals surface area contributed by atoms with Crippen LogP contribution in [0.15, 0.2) is 99.7 Å². The number of nitrogens with zero attached hydrogens (tertiary/aromatic N) is 2. The molecule has 4 aromatic carbocycles. The molecule has 1 amide bonds. The summed E-state index contributed by atoms with van der Waals surface area (Å²) < 4.78 is 37.5. The highest BCUT2D eigenvalue weighted by atomic mass is 127. The Hall–Kier alpha value is -3.61. The van der Waals surface area contributed by atoms with E-state index < -0.39 is 10.1 Å². The minimum Gasteiger partial charge on any atom is -0.493 e. The van der Waals surface area contributed by atoms with E-state index in [-0.39, 0.29) is 22.3 Å². The lowest BCUT2D eigenvalue weighted by molar-refractivity contribution is -0.113. The van der Waals surface area contributed by atoms with Crippen molar-refractivity contribution < 1.29 is 22.1 Å². The number of benzene rings is 4. The smallest absolute Gasteiger partial charge is 0.339 e. The van der Waals surface area contributed by atoms with Gasteiger partial charge < -0.3 is 8.92 Å². The molecule has 0 unspecified atom stereocenters. The minimum absolute atomic E-state index is 0.0432. The van der Waals surface area contributed by atoms with Gasteiger partial charge in [0.05, 0.1) is 27.0 Å². The predicted octanol–water partition coefficient (Wildman–Crippen LogP) is 7.80. The van der Waals surface area contributed by atoms with Crippen LogP contribution in [0.1, 0.15) is 22.3 Å². The van der Waals surface area contributed by atoms with Crippen molar-refractivity contribution in [3.05, 3.63) is 116 Å². The van der Waals surface area contributed by atoms with Crippen molar-refractivity contribution in [2.24, 2.45) is 4.99 Å². The molecule has 0 radical (unpaired) electrons. The van der Waals surface area contributed by atoms with E-state index in [2.05, 4.69) is 0 Å². The second-order valence-corrected chi connectivity index (χ2v) is 13.4. The number of hydrogen-bond donors (Lipinski definition) is 0. The summed E-state index contributed by atoms with van der Waals surface area (Å²) in [4.78, 5) is 20.6. The van der Waals surface area contributed by atoms with Gasteiger partial charge in [0.1, 0.15) is 4.90 Å². The molecule has 1 heterocycles. The predicted molar refractivity (Wildman–Crippen MR) is 177 cm³/mol. The number of carbonyl (C=O) groups excluding carboxylic acids is 1. The van der Waals surface area contributed by atoms with Crippen LogP contribution < -0.4 is 13.8 Å². The zero-order valence-electron chi connectivity index (χ0n) is 23.3. The third-order valence-electron chi connectivity index (χ3n) is 6.41. The Kier molecular flexibility index (Phi) is 8.76. The molecule has 0 spiro atoms. The van der Waals surface area contributed by atoms with Gasteiger partial charge in [0.25, 0.3) is 5.91 Å². The van der Waals surface area contributed by atoms with Gasteiger partial charge in [-0.1, -0.05) is 53.1 Å². The summed E-state index contributed by atoms with van der Waals surface area (Å²) in [6.45, 7) is 5.88. The largest absolute Gasteiger partial charge is 0.493 e. The molecule has 42 heavy (non-hydrogen) atoms. The number of aliphatic imine (C=N–C) groups is 1. The average Bonchev–Trinajstić information content (AvgIpc) is 3.25. The fourth-order valence-electron chi connectivity index (χ4n) is 4.12. The molecule has 0 aromatic heterocycles. The van der Waals surface area contributed by atoms with Crippen molar-refractivity contribution in [3.63, 3.8) is 0 Å². The number of hydrogen-bond acceptors (Lipinski definition) is 7. The summed E-state index contributed by atoms with van der Waals surface area (Å²) >= 11 is 3.27. The van der Waals surface area contributed by atoms with Crippen LogP contribution in [-0.4, -0.2) is 26.6 Å². The van der Waals surface area contributed by atoms with Crippen molar-refractivity contribution in [2.75, 3.05) is 12.0 Å². The van der Waals surface area contributed by atoms with Gasteiger partial charge in [0.15, 0.2) is 16.7 Å². The van der Waals surface area contributed by atoms with Crippen LogP contribution >= 0.6 is 34.4 Å². The number of ether oxygens (including phenoxy) is 1. The number of halogens is 1. The summed E-state index contributed by atoms with van der Waals surface area (Å²) in [7, 11) is -2.65. The van der Waals surface area contributed by atoms with E-state index in [1.54, 1.807) is 35.2 Å². The second-order valence-electron chi connectivity index (χ2n) is 9.70. The van der Waals surface area contributed by atoms with Crippen LogP contribution in [0.25, 0.3) is 6.08 Å².